The van der Waals surface area contributed by atoms with Crippen LogP contribution in [0, 0.1) is 13.8 Å². The second kappa shape index (κ2) is 6.75. The maximum Gasteiger partial charge on any atom is 0.258 e. The number of rotatable bonds is 3. The molecule has 1 aliphatic rings. The Hall–Kier alpha value is -2.77. The normalized spacial score (nSPS) is 17.8. The molecule has 1 saturated heterocycles. The molecule has 1 unspecified atom stereocenters. The van der Waals surface area contributed by atoms with E-state index in [1.165, 1.54) is 0 Å². The zero-order chi connectivity index (χ0) is 19.1. The molecule has 1 atom stereocenters. The first kappa shape index (κ1) is 17.6. The molecule has 1 aliphatic heterocycles. The van der Waals surface area contributed by atoms with Crippen LogP contribution in [0.4, 0.5) is 0 Å². The van der Waals surface area contributed by atoms with Crippen molar-refractivity contribution in [2.45, 2.75) is 52.4 Å². The van der Waals surface area contributed by atoms with Gasteiger partial charge in [0.05, 0.1) is 22.6 Å². The van der Waals surface area contributed by atoms with Crippen LogP contribution in [0.3, 0.4) is 0 Å². The number of fused-ring (bicyclic) bond motifs is 1. The fourth-order valence-corrected chi connectivity index (χ4v) is 3.57. The number of aryl methyl sites for hydroxylation is 2. The lowest BCUT2D eigenvalue weighted by Gasteiger charge is -2.31. The van der Waals surface area contributed by atoms with Crippen LogP contribution in [-0.2, 0) is 0 Å². The van der Waals surface area contributed by atoms with Gasteiger partial charge in [0.2, 0.25) is 5.89 Å². The number of pyridine rings is 1. The van der Waals surface area contributed by atoms with Crippen LogP contribution in [0.2, 0.25) is 0 Å². The lowest BCUT2D eigenvalue weighted by atomic mass is 9.96. The Bertz CT molecular complexity index is 991. The summed E-state index contributed by atoms with van der Waals surface area (Å²) in [6.45, 7) is 9.00. The third kappa shape index (κ3) is 3.20. The minimum absolute atomic E-state index is 0.0369. The largest absolute Gasteiger partial charge is 0.339 e. The van der Waals surface area contributed by atoms with Crippen LogP contribution in [0.5, 0.6) is 0 Å². The molecule has 0 saturated carbocycles. The van der Waals surface area contributed by atoms with E-state index < -0.39 is 0 Å². The highest BCUT2D eigenvalue weighted by molar-refractivity contribution is 6.06. The average Bonchev–Trinajstić information content (AvgIpc) is 3.28. The number of carbonyl (C=O) groups excluding carboxylic acids is 1. The fraction of sp³-hybridized carbons (Fsp3) is 0.526. The van der Waals surface area contributed by atoms with E-state index in [9.17, 15) is 4.79 Å². The second-order valence-corrected chi connectivity index (χ2v) is 7.50. The van der Waals surface area contributed by atoms with E-state index in [-0.39, 0.29) is 17.7 Å². The summed E-state index contributed by atoms with van der Waals surface area (Å²) in [5.41, 5.74) is 2.40. The molecule has 142 valence electrons. The van der Waals surface area contributed by atoms with Gasteiger partial charge < -0.3 is 13.9 Å². The Kier molecular flexibility index (Phi) is 4.41. The average molecular weight is 369 g/mol. The van der Waals surface area contributed by atoms with Gasteiger partial charge in [0, 0.05) is 24.7 Å². The third-order valence-corrected chi connectivity index (χ3v) is 5.01. The Labute approximate surface area is 156 Å². The monoisotopic (exact) mass is 369 g/mol. The Balaban J connectivity index is 1.61. The number of nitrogens with zero attached hydrogens (tertiary/aromatic N) is 5. The highest BCUT2D eigenvalue weighted by atomic mass is 16.5. The van der Waals surface area contributed by atoms with E-state index >= 15 is 0 Å². The minimum Gasteiger partial charge on any atom is -0.339 e. The van der Waals surface area contributed by atoms with Crippen molar-refractivity contribution in [1.29, 1.82) is 0 Å². The summed E-state index contributed by atoms with van der Waals surface area (Å²) < 4.78 is 10.7. The lowest BCUT2D eigenvalue weighted by Crippen LogP contribution is -2.39. The van der Waals surface area contributed by atoms with E-state index in [1.54, 1.807) is 0 Å². The zero-order valence-corrected chi connectivity index (χ0v) is 16.0. The highest BCUT2D eigenvalue weighted by Crippen LogP contribution is 2.29. The first-order valence-corrected chi connectivity index (χ1v) is 9.30. The van der Waals surface area contributed by atoms with Crippen LogP contribution < -0.4 is 0 Å². The van der Waals surface area contributed by atoms with Crippen molar-refractivity contribution in [2.24, 2.45) is 0 Å². The number of likely N-dealkylation sites (tertiary alicyclic amines) is 1. The van der Waals surface area contributed by atoms with Gasteiger partial charge in [-0.05, 0) is 32.8 Å². The quantitative estimate of drug-likeness (QED) is 0.698. The molecule has 8 nitrogen and oxygen atoms in total. The van der Waals surface area contributed by atoms with Gasteiger partial charge in [-0.25, -0.2) is 4.98 Å². The molecule has 0 spiro atoms. The number of hydrogen-bond acceptors (Lipinski definition) is 7. The predicted octanol–water partition coefficient (Wildman–Crippen LogP) is 3.37. The van der Waals surface area contributed by atoms with Gasteiger partial charge in [0.15, 0.2) is 5.82 Å². The summed E-state index contributed by atoms with van der Waals surface area (Å²) in [4.78, 5) is 24.0. The summed E-state index contributed by atoms with van der Waals surface area (Å²) in [6.07, 6.45) is 1.83. The number of amides is 1. The highest BCUT2D eigenvalue weighted by Gasteiger charge is 2.31. The van der Waals surface area contributed by atoms with Crippen molar-refractivity contribution >= 4 is 17.0 Å². The molecule has 4 rings (SSSR count). The smallest absolute Gasteiger partial charge is 0.258 e. The molecule has 0 aliphatic carbocycles. The Morgan fingerprint density at radius 1 is 1.22 bits per heavy atom. The topological polar surface area (TPSA) is 98.2 Å². The van der Waals surface area contributed by atoms with Crippen molar-refractivity contribution in [1.82, 2.24) is 25.2 Å². The van der Waals surface area contributed by atoms with Crippen LogP contribution in [0.25, 0.3) is 11.1 Å². The molecule has 4 heterocycles. The van der Waals surface area contributed by atoms with Crippen molar-refractivity contribution in [2.75, 3.05) is 13.1 Å². The molecule has 0 radical (unpaired) electrons. The van der Waals surface area contributed by atoms with Crippen molar-refractivity contribution in [3.63, 3.8) is 0 Å². The molecule has 1 fully saturated rings. The SMILES string of the molecule is Cc1cc(C(=O)N2CCCC(c3nc(C(C)C)no3)C2)c2c(C)noc2n1. The predicted molar refractivity (Wildman–Crippen MR) is 97.5 cm³/mol. The maximum atomic E-state index is 13.3. The number of aromatic nitrogens is 4. The minimum atomic E-state index is -0.0369. The van der Waals surface area contributed by atoms with E-state index in [1.807, 2.05) is 38.7 Å². The van der Waals surface area contributed by atoms with Gasteiger partial charge in [-0.2, -0.15) is 4.98 Å². The van der Waals surface area contributed by atoms with Gasteiger partial charge >= 0.3 is 0 Å². The van der Waals surface area contributed by atoms with Gasteiger partial charge in [0.1, 0.15) is 0 Å². The number of carbonyl (C=O) groups is 1. The van der Waals surface area contributed by atoms with E-state index in [2.05, 4.69) is 20.3 Å². The molecule has 1 amide bonds. The molecular formula is C19H23N5O3. The summed E-state index contributed by atoms with van der Waals surface area (Å²) in [7, 11) is 0. The van der Waals surface area contributed by atoms with Crippen molar-refractivity contribution < 1.29 is 13.8 Å². The molecular weight excluding hydrogens is 346 g/mol. The third-order valence-electron chi connectivity index (χ3n) is 5.01. The Morgan fingerprint density at radius 3 is 2.78 bits per heavy atom. The lowest BCUT2D eigenvalue weighted by molar-refractivity contribution is 0.0697. The number of hydrogen-bond donors (Lipinski definition) is 0. The summed E-state index contributed by atoms with van der Waals surface area (Å²) >= 11 is 0. The maximum absolute atomic E-state index is 13.3. The van der Waals surface area contributed by atoms with Crippen LogP contribution in [0.15, 0.2) is 15.1 Å². The summed E-state index contributed by atoms with van der Waals surface area (Å²) in [6, 6.07) is 1.81. The molecule has 0 bridgehead atoms. The zero-order valence-electron chi connectivity index (χ0n) is 16.0. The molecule has 27 heavy (non-hydrogen) atoms. The standard InChI is InChI=1S/C19H23N5O3/c1-10(2)16-21-17(26-23-16)13-6-5-7-24(9-13)19(25)14-8-11(3)20-18-15(14)12(4)22-27-18/h8,10,13H,5-7,9H2,1-4H3. The van der Waals surface area contributed by atoms with Gasteiger partial charge in [-0.15, -0.1) is 0 Å². The van der Waals surface area contributed by atoms with Crippen molar-refractivity contribution in [3.8, 4) is 0 Å². The van der Waals surface area contributed by atoms with Crippen LogP contribution >= 0.6 is 0 Å². The van der Waals surface area contributed by atoms with E-state index in [0.29, 0.717) is 47.2 Å². The van der Waals surface area contributed by atoms with Crippen LogP contribution in [-0.4, -0.2) is 44.2 Å². The van der Waals surface area contributed by atoms with Crippen LogP contribution in [0.1, 0.15) is 72.0 Å². The van der Waals surface area contributed by atoms with E-state index in [0.717, 1.165) is 18.5 Å². The summed E-state index contributed by atoms with van der Waals surface area (Å²) in [5.74, 6) is 1.57. The van der Waals surface area contributed by atoms with Crippen molar-refractivity contribution in [3.05, 3.63) is 34.7 Å². The second-order valence-electron chi connectivity index (χ2n) is 7.50. The molecule has 3 aromatic heterocycles. The molecule has 0 aromatic carbocycles. The van der Waals surface area contributed by atoms with E-state index in [4.69, 9.17) is 9.05 Å². The number of piperidine rings is 1. The fourth-order valence-electron chi connectivity index (χ4n) is 3.57. The summed E-state index contributed by atoms with van der Waals surface area (Å²) in [5, 5.41) is 8.71. The van der Waals surface area contributed by atoms with Gasteiger partial charge in [-0.3, -0.25) is 4.79 Å². The first-order valence-electron chi connectivity index (χ1n) is 9.30. The van der Waals surface area contributed by atoms with Gasteiger partial charge in [0.25, 0.3) is 11.6 Å². The van der Waals surface area contributed by atoms with Gasteiger partial charge in [-0.1, -0.05) is 24.2 Å². The molecule has 0 N–H and O–H groups in total. The molecule has 8 heteroatoms. The first-order chi connectivity index (χ1) is 12.9. The Morgan fingerprint density at radius 2 is 2.04 bits per heavy atom. The molecule has 3 aromatic rings.